The molecular weight excluding hydrogens is 369 g/mol. The molecule has 28 heavy (non-hydrogen) atoms. The number of hydrogen-bond donors (Lipinski definition) is 2. The Morgan fingerprint density at radius 1 is 1.25 bits per heavy atom. The average molecular weight is 405 g/mol. The third kappa shape index (κ3) is 3.41. The summed E-state index contributed by atoms with van der Waals surface area (Å²) in [6.07, 6.45) is 12.8. The largest absolute Gasteiger partial charge is 0.543 e. The van der Waals surface area contributed by atoms with E-state index in [2.05, 4.69) is 18.3 Å². The zero-order valence-electron chi connectivity index (χ0n) is 17.7. The Morgan fingerprint density at radius 2 is 2.00 bits per heavy atom. The van der Waals surface area contributed by atoms with Gasteiger partial charge in [-0.3, -0.25) is 4.79 Å². The smallest absolute Gasteiger partial charge is 0.345 e. The van der Waals surface area contributed by atoms with Crippen LogP contribution in [0, 0.1) is 34.5 Å². The van der Waals surface area contributed by atoms with Crippen LogP contribution in [-0.4, -0.2) is 16.8 Å². The van der Waals surface area contributed by atoms with Gasteiger partial charge in [0.2, 0.25) is 11.2 Å². The summed E-state index contributed by atoms with van der Waals surface area (Å²) in [4.78, 5) is 22.5. The van der Waals surface area contributed by atoms with Gasteiger partial charge < -0.3 is 5.32 Å². The lowest BCUT2D eigenvalue weighted by atomic mass is 9.53. The first-order valence-electron chi connectivity index (χ1n) is 11.0. The zero-order chi connectivity index (χ0) is 20.3. The summed E-state index contributed by atoms with van der Waals surface area (Å²) in [5.74, 6) is 2.58. The van der Waals surface area contributed by atoms with Crippen molar-refractivity contribution in [3.63, 3.8) is 0 Å². The normalized spacial score (nSPS) is 40.5. The van der Waals surface area contributed by atoms with Gasteiger partial charge >= 0.3 is 8.03 Å². The molecule has 0 aromatic heterocycles. The molecule has 4 aliphatic rings. The molecular formula is C23H35NO3P+. The van der Waals surface area contributed by atoms with E-state index in [-0.39, 0.29) is 11.9 Å². The lowest BCUT2D eigenvalue weighted by molar-refractivity contribution is -0.129. The van der Waals surface area contributed by atoms with Crippen molar-refractivity contribution in [1.82, 2.24) is 5.32 Å². The number of amides is 1. The molecule has 2 saturated carbocycles. The van der Waals surface area contributed by atoms with E-state index < -0.39 is 13.4 Å². The summed E-state index contributed by atoms with van der Waals surface area (Å²) in [7, 11) is -2.44. The zero-order valence-corrected chi connectivity index (χ0v) is 18.6. The average Bonchev–Trinajstić information content (AvgIpc) is 3.01. The van der Waals surface area contributed by atoms with Gasteiger partial charge in [-0.05, 0) is 83.8 Å². The molecule has 6 unspecified atom stereocenters. The van der Waals surface area contributed by atoms with E-state index in [0.717, 1.165) is 24.7 Å². The monoisotopic (exact) mass is 404 g/mol. The van der Waals surface area contributed by atoms with Crippen LogP contribution in [0.25, 0.3) is 0 Å². The summed E-state index contributed by atoms with van der Waals surface area (Å²) in [6, 6.07) is -0.321. The number of rotatable bonds is 2. The van der Waals surface area contributed by atoms with Gasteiger partial charge in [0.25, 0.3) is 0 Å². The van der Waals surface area contributed by atoms with E-state index in [9.17, 15) is 14.3 Å². The molecule has 0 saturated heterocycles. The van der Waals surface area contributed by atoms with E-state index in [4.69, 9.17) is 0 Å². The Kier molecular flexibility index (Phi) is 5.11. The van der Waals surface area contributed by atoms with Crippen LogP contribution < -0.4 is 5.32 Å². The van der Waals surface area contributed by atoms with Crippen molar-refractivity contribution >= 4 is 13.9 Å². The molecule has 4 aliphatic carbocycles. The minimum absolute atomic E-state index is 0.0490. The van der Waals surface area contributed by atoms with Crippen molar-refractivity contribution in [3.05, 3.63) is 23.0 Å². The van der Waals surface area contributed by atoms with E-state index in [0.29, 0.717) is 22.6 Å². The van der Waals surface area contributed by atoms with Crippen molar-refractivity contribution < 1.29 is 14.3 Å². The second kappa shape index (κ2) is 7.06. The maximum atomic E-state index is 12.6. The van der Waals surface area contributed by atoms with Gasteiger partial charge in [0.1, 0.15) is 6.04 Å². The Hall–Kier alpha value is -0.990. The molecule has 0 aliphatic heterocycles. The highest BCUT2D eigenvalue weighted by atomic mass is 31.1. The van der Waals surface area contributed by atoms with Gasteiger partial charge in [-0.2, -0.15) is 4.89 Å². The molecule has 4 nitrogen and oxygen atoms in total. The van der Waals surface area contributed by atoms with Gasteiger partial charge in [0, 0.05) is 5.41 Å². The predicted octanol–water partition coefficient (Wildman–Crippen LogP) is 5.32. The van der Waals surface area contributed by atoms with Crippen LogP contribution in [-0.2, 0) is 9.36 Å². The van der Waals surface area contributed by atoms with Gasteiger partial charge in [-0.25, -0.2) is 0 Å². The topological polar surface area (TPSA) is 66.4 Å². The summed E-state index contributed by atoms with van der Waals surface area (Å²) in [5.41, 5.74) is 1.27. The fourth-order valence-corrected chi connectivity index (χ4v) is 7.33. The minimum atomic E-state index is -2.44. The molecule has 154 valence electrons. The molecule has 0 aromatic carbocycles. The molecule has 2 N–H and O–H groups in total. The third-order valence-electron chi connectivity index (χ3n) is 8.21. The van der Waals surface area contributed by atoms with Gasteiger partial charge in [-0.1, -0.05) is 40.2 Å². The third-order valence-corrected chi connectivity index (χ3v) is 9.10. The van der Waals surface area contributed by atoms with Crippen molar-refractivity contribution in [3.8, 4) is 0 Å². The Bertz CT molecular complexity index is 749. The number of carbonyl (C=O) groups excluding carboxylic acids is 1. The van der Waals surface area contributed by atoms with Gasteiger partial charge in [0.05, 0.1) is 0 Å². The molecule has 2 fully saturated rings. The second-order valence-electron chi connectivity index (χ2n) is 10.9. The first kappa shape index (κ1) is 20.3. The fraction of sp³-hybridized carbons (Fsp3) is 0.783. The molecule has 0 aromatic rings. The Labute approximate surface area is 170 Å². The maximum absolute atomic E-state index is 12.6. The molecule has 7 atom stereocenters. The molecule has 5 heteroatoms. The minimum Gasteiger partial charge on any atom is -0.345 e. The van der Waals surface area contributed by atoms with Crippen LogP contribution in [0.2, 0.25) is 0 Å². The number of allylic oxidation sites excluding steroid dienone is 3. The van der Waals surface area contributed by atoms with E-state index in [1.165, 1.54) is 37.7 Å². The summed E-state index contributed by atoms with van der Waals surface area (Å²) in [5, 5.41) is 3.59. The van der Waals surface area contributed by atoms with E-state index in [1.807, 2.05) is 26.8 Å². The summed E-state index contributed by atoms with van der Waals surface area (Å²) >= 11 is 0. The number of hydrogen-bond acceptors (Lipinski definition) is 2. The highest BCUT2D eigenvalue weighted by Gasteiger charge is 2.53. The lowest BCUT2D eigenvalue weighted by Gasteiger charge is -2.52. The first-order valence-corrected chi connectivity index (χ1v) is 12.2. The van der Waals surface area contributed by atoms with Gasteiger partial charge in [-0.15, -0.1) is 0 Å². The lowest BCUT2D eigenvalue weighted by Crippen LogP contribution is -2.48. The van der Waals surface area contributed by atoms with Crippen molar-refractivity contribution in [2.45, 2.75) is 78.7 Å². The van der Waals surface area contributed by atoms with Crippen LogP contribution in [0.3, 0.4) is 0 Å². The van der Waals surface area contributed by atoms with Crippen LogP contribution in [0.4, 0.5) is 0 Å². The van der Waals surface area contributed by atoms with Crippen LogP contribution in [0.5, 0.6) is 0 Å². The van der Waals surface area contributed by atoms with Crippen molar-refractivity contribution in [2.75, 3.05) is 0 Å². The molecule has 0 spiro atoms. The SMILES string of the molecule is CC(C)(C)C(=O)NC1CC2C(=CCC3C2CC[C@]2(C)CCCC32)C=C1[P+](=O)O. The molecule has 0 heterocycles. The highest BCUT2D eigenvalue weighted by molar-refractivity contribution is 7.43. The Balaban J connectivity index is 1.62. The predicted molar refractivity (Wildman–Crippen MR) is 112 cm³/mol. The molecule has 4 rings (SSSR count). The summed E-state index contributed by atoms with van der Waals surface area (Å²) in [6.45, 7) is 8.16. The highest BCUT2D eigenvalue weighted by Crippen LogP contribution is 2.61. The van der Waals surface area contributed by atoms with Crippen LogP contribution in [0.15, 0.2) is 23.0 Å². The van der Waals surface area contributed by atoms with Crippen LogP contribution in [0.1, 0.15) is 72.6 Å². The van der Waals surface area contributed by atoms with Crippen LogP contribution >= 0.6 is 8.03 Å². The molecule has 0 bridgehead atoms. The molecule has 1 amide bonds. The summed E-state index contributed by atoms with van der Waals surface area (Å²) < 4.78 is 12.0. The molecule has 0 radical (unpaired) electrons. The first-order chi connectivity index (χ1) is 13.1. The van der Waals surface area contributed by atoms with Gasteiger partial charge in [0.15, 0.2) is 0 Å². The second-order valence-corrected chi connectivity index (χ2v) is 12.0. The number of carbonyl (C=O) groups is 1. The number of fused-ring (bicyclic) bond motifs is 5. The van der Waals surface area contributed by atoms with Crippen molar-refractivity contribution in [2.24, 2.45) is 34.5 Å². The quantitative estimate of drug-likeness (QED) is 0.612. The van der Waals surface area contributed by atoms with E-state index >= 15 is 0 Å². The van der Waals surface area contributed by atoms with E-state index in [1.54, 1.807) is 0 Å². The Morgan fingerprint density at radius 3 is 2.68 bits per heavy atom. The van der Waals surface area contributed by atoms with Crippen molar-refractivity contribution in [1.29, 1.82) is 0 Å². The fourth-order valence-electron chi connectivity index (χ4n) is 6.64. The maximum Gasteiger partial charge on any atom is 0.543 e. The number of nitrogens with one attached hydrogen (secondary N) is 1. The standard InChI is InChI=1S/C23H34NO3P/c1-22(2,3)21(25)24-19-13-17-14(12-20(19)28(26)27)7-8-16-15(17)9-11-23(4)10-5-6-18(16)23/h7,12,15-19H,5-6,8-11,13H2,1-4H3,(H-,24,25,26,27)/p+1/t15?,16?,17?,18?,19?,23-/m0/s1.